The fourth-order valence-corrected chi connectivity index (χ4v) is 2.57. The van der Waals surface area contributed by atoms with E-state index in [1.165, 1.54) is 93.0 Å². The predicted molar refractivity (Wildman–Crippen MR) is 177 cm³/mol. The van der Waals surface area contributed by atoms with Gasteiger partial charge in [-0.05, 0) is 0 Å². The molecular formula is C30H54FeN6O12. The maximum Gasteiger partial charge on any atom is 0.288 e. The van der Waals surface area contributed by atoms with Gasteiger partial charge in [-0.15, -0.1) is 0 Å². The molecule has 0 aliphatic rings. The van der Waals surface area contributed by atoms with Crippen LogP contribution in [0.15, 0.2) is 35.5 Å². The SMILES string of the molecule is COCCN(C)C(=O)C=C(O)C(=O)N(C)C.COCCN(C)C(=O)C=C(O)C(=O)N(C)C.COCCN(C)C(=O)C=C(O)C(=O)N(C)C.[Fe]. The number of amides is 6. The Morgan fingerprint density at radius 3 is 0.776 bits per heavy atom. The van der Waals surface area contributed by atoms with Gasteiger partial charge in [0.1, 0.15) is 0 Å². The Morgan fingerprint density at radius 2 is 0.633 bits per heavy atom. The van der Waals surface area contributed by atoms with E-state index in [4.69, 9.17) is 14.2 Å². The standard InChI is InChI=1S/3C10H18N2O4.Fe/c3*1-11(2)10(15)8(13)7-9(14)12(3)5-6-16-4;/h3*7,13H,5-6H2,1-4H3;. The van der Waals surface area contributed by atoms with Gasteiger partial charge in [0.2, 0.25) is 17.7 Å². The van der Waals surface area contributed by atoms with E-state index in [0.717, 1.165) is 18.2 Å². The molecule has 0 bridgehead atoms. The molecule has 0 fully saturated rings. The molecule has 0 saturated carbocycles. The smallest absolute Gasteiger partial charge is 0.288 e. The minimum Gasteiger partial charge on any atom is -0.503 e. The van der Waals surface area contributed by atoms with Crippen LogP contribution in [0.1, 0.15) is 0 Å². The zero-order chi connectivity index (χ0) is 38.1. The first kappa shape index (κ1) is 51.7. The number of nitrogens with zero attached hydrogens (tertiary/aromatic N) is 6. The van der Waals surface area contributed by atoms with Gasteiger partial charge in [0.05, 0.1) is 38.0 Å². The molecule has 0 aliphatic heterocycles. The Kier molecular flexibility index (Phi) is 30.4. The predicted octanol–water partition coefficient (Wildman–Crippen LogP) is -1.14. The number of methoxy groups -OCH3 is 3. The van der Waals surface area contributed by atoms with Crippen LogP contribution in [-0.4, -0.2) is 204 Å². The van der Waals surface area contributed by atoms with Crippen LogP contribution in [0.5, 0.6) is 0 Å². The number of carbonyl (C=O) groups is 6. The topological polar surface area (TPSA) is 210 Å². The molecular weight excluding hydrogens is 692 g/mol. The van der Waals surface area contributed by atoms with Gasteiger partial charge in [0, 0.05) is 121 Å². The second-order valence-corrected chi connectivity index (χ2v) is 10.4. The van der Waals surface area contributed by atoms with Crippen LogP contribution < -0.4 is 0 Å². The summed E-state index contributed by atoms with van der Waals surface area (Å²) in [6.45, 7) is 2.40. The van der Waals surface area contributed by atoms with E-state index in [-0.39, 0.29) is 17.1 Å². The van der Waals surface area contributed by atoms with Crippen LogP contribution in [-0.2, 0) is 60.0 Å². The molecule has 19 heteroatoms. The number of hydrogen-bond donors (Lipinski definition) is 3. The van der Waals surface area contributed by atoms with Gasteiger partial charge in [0.25, 0.3) is 17.7 Å². The molecule has 0 radical (unpaired) electrons. The second-order valence-electron chi connectivity index (χ2n) is 10.4. The van der Waals surface area contributed by atoms with Crippen molar-refractivity contribution in [2.45, 2.75) is 0 Å². The van der Waals surface area contributed by atoms with Gasteiger partial charge < -0.3 is 58.9 Å². The van der Waals surface area contributed by atoms with Gasteiger partial charge >= 0.3 is 0 Å². The summed E-state index contributed by atoms with van der Waals surface area (Å²) in [6, 6.07) is 0. The van der Waals surface area contributed by atoms with Crippen molar-refractivity contribution in [1.29, 1.82) is 0 Å². The Hall–Kier alpha value is -4.16. The van der Waals surface area contributed by atoms with E-state index in [0.29, 0.717) is 39.5 Å². The first-order valence-corrected chi connectivity index (χ1v) is 14.3. The molecule has 0 unspecified atom stereocenters. The van der Waals surface area contributed by atoms with E-state index in [9.17, 15) is 44.1 Å². The monoisotopic (exact) mass is 746 g/mol. The summed E-state index contributed by atoms with van der Waals surface area (Å²) in [4.78, 5) is 75.6. The molecule has 0 aromatic rings. The van der Waals surface area contributed by atoms with Crippen molar-refractivity contribution in [1.82, 2.24) is 29.4 Å². The number of likely N-dealkylation sites (N-methyl/N-ethyl adjacent to an activating group) is 6. The molecule has 0 aromatic carbocycles. The Labute approximate surface area is 299 Å². The largest absolute Gasteiger partial charge is 0.503 e. The van der Waals surface area contributed by atoms with Crippen LogP contribution in [0, 0.1) is 0 Å². The fourth-order valence-electron chi connectivity index (χ4n) is 2.57. The van der Waals surface area contributed by atoms with Crippen molar-refractivity contribution in [2.75, 3.05) is 124 Å². The van der Waals surface area contributed by atoms with Gasteiger partial charge in [-0.25, -0.2) is 0 Å². The Bertz CT molecular complexity index is 1000. The molecule has 0 aliphatic carbocycles. The number of aliphatic hydroxyl groups is 3. The van der Waals surface area contributed by atoms with Crippen LogP contribution in [0.25, 0.3) is 0 Å². The van der Waals surface area contributed by atoms with Crippen molar-refractivity contribution in [3.05, 3.63) is 35.5 Å². The van der Waals surface area contributed by atoms with Crippen molar-refractivity contribution in [2.24, 2.45) is 0 Å². The summed E-state index contributed by atoms with van der Waals surface area (Å²) < 4.78 is 14.4. The third-order valence-corrected chi connectivity index (χ3v) is 5.68. The second kappa shape index (κ2) is 28.8. The summed E-state index contributed by atoms with van der Waals surface area (Å²) in [5.41, 5.74) is 0. The normalized spacial score (nSPS) is 10.9. The number of ether oxygens (including phenoxy) is 3. The maximum atomic E-state index is 11.4. The quantitative estimate of drug-likeness (QED) is 0.103. The number of aliphatic hydroxyl groups excluding tert-OH is 3. The molecule has 0 atom stereocenters. The molecule has 0 rings (SSSR count). The first-order valence-electron chi connectivity index (χ1n) is 14.3. The number of rotatable bonds is 15. The summed E-state index contributed by atoms with van der Waals surface area (Å²) in [6.07, 6.45) is 2.70. The van der Waals surface area contributed by atoms with Crippen LogP contribution in [0.3, 0.4) is 0 Å². The third kappa shape index (κ3) is 24.6. The minimum absolute atomic E-state index is 0. The molecule has 18 nitrogen and oxygen atoms in total. The van der Waals surface area contributed by atoms with Gasteiger partial charge in [-0.3, -0.25) is 28.8 Å². The first-order chi connectivity index (χ1) is 22.2. The molecule has 0 saturated heterocycles. The molecule has 6 amide bonds. The molecule has 284 valence electrons. The Morgan fingerprint density at radius 1 is 0.449 bits per heavy atom. The molecule has 3 N–H and O–H groups in total. The number of carbonyl (C=O) groups excluding carboxylic acids is 6. The van der Waals surface area contributed by atoms with Crippen LogP contribution >= 0.6 is 0 Å². The fraction of sp³-hybridized carbons (Fsp3) is 0.600. The van der Waals surface area contributed by atoms with Crippen molar-refractivity contribution in [3.8, 4) is 0 Å². The average Bonchev–Trinajstić information content (AvgIpc) is 3.03. The van der Waals surface area contributed by atoms with Crippen LogP contribution in [0.4, 0.5) is 0 Å². The molecule has 0 heterocycles. The Balaban J connectivity index is -0.000000307. The van der Waals surface area contributed by atoms with E-state index in [1.54, 1.807) is 21.1 Å². The van der Waals surface area contributed by atoms with E-state index in [1.807, 2.05) is 0 Å². The summed E-state index contributed by atoms with van der Waals surface area (Å²) in [5, 5.41) is 28.0. The third-order valence-electron chi connectivity index (χ3n) is 5.68. The van der Waals surface area contributed by atoms with Crippen molar-refractivity contribution < 1.29 is 75.4 Å². The summed E-state index contributed by atoms with van der Waals surface area (Å²) in [5.74, 6) is -4.84. The maximum absolute atomic E-state index is 11.4. The molecule has 49 heavy (non-hydrogen) atoms. The van der Waals surface area contributed by atoms with Gasteiger partial charge in [-0.1, -0.05) is 0 Å². The van der Waals surface area contributed by atoms with E-state index < -0.39 is 52.7 Å². The van der Waals surface area contributed by atoms with Gasteiger partial charge in [-0.2, -0.15) is 0 Å². The van der Waals surface area contributed by atoms with Crippen molar-refractivity contribution in [3.63, 3.8) is 0 Å². The van der Waals surface area contributed by atoms with Crippen LogP contribution in [0.2, 0.25) is 0 Å². The number of hydrogen-bond acceptors (Lipinski definition) is 12. The van der Waals surface area contributed by atoms with E-state index in [2.05, 4.69) is 0 Å². The zero-order valence-electron chi connectivity index (χ0n) is 30.5. The molecule has 0 spiro atoms. The molecule has 0 aromatic heterocycles. The van der Waals surface area contributed by atoms with Crippen molar-refractivity contribution >= 4 is 35.4 Å². The summed E-state index contributed by atoms with van der Waals surface area (Å²) >= 11 is 0. The van der Waals surface area contributed by atoms with Gasteiger partial charge in [0.15, 0.2) is 17.3 Å². The summed E-state index contributed by atoms with van der Waals surface area (Å²) in [7, 11) is 18.2. The van der Waals surface area contributed by atoms with E-state index >= 15 is 0 Å². The zero-order valence-corrected chi connectivity index (χ0v) is 31.6. The average molecular weight is 747 g/mol. The minimum atomic E-state index is -0.603.